The van der Waals surface area contributed by atoms with Gasteiger partial charge in [-0.1, -0.05) is 130 Å². The van der Waals surface area contributed by atoms with Crippen molar-refractivity contribution in [2.45, 2.75) is 111 Å². The van der Waals surface area contributed by atoms with Crippen molar-refractivity contribution in [2.75, 3.05) is 4.81 Å². The smallest absolute Gasteiger partial charge is 0.333 e. The highest BCUT2D eigenvalue weighted by Gasteiger charge is 2.47. The quantitative estimate of drug-likeness (QED) is 0.162. The highest BCUT2D eigenvalue weighted by molar-refractivity contribution is 6.93. The van der Waals surface area contributed by atoms with Gasteiger partial charge in [-0.25, -0.2) is 0 Å². The molecule has 3 aliphatic heterocycles. The third-order valence-corrected chi connectivity index (χ3v) is 16.9. The minimum absolute atomic E-state index is 0.0286. The number of aromatic nitrogens is 1. The van der Waals surface area contributed by atoms with Gasteiger partial charge in [-0.3, -0.25) is 0 Å². The lowest BCUT2D eigenvalue weighted by Gasteiger charge is -2.43. The number of hydrogen-bond donors (Lipinski definition) is 0. The molecule has 71 heavy (non-hydrogen) atoms. The Morgan fingerprint density at radius 2 is 1.20 bits per heavy atom. The minimum atomic E-state index is -0.248. The summed E-state index contributed by atoms with van der Waals surface area (Å²) in [6.45, 7) is 25.6. The van der Waals surface area contributed by atoms with Gasteiger partial charge < -0.3 is 23.3 Å². The third-order valence-electron chi connectivity index (χ3n) is 16.9. The lowest BCUT2D eigenvalue weighted by atomic mass is 9.43. The number of para-hydroxylation sites is 3. The predicted octanol–water partition coefficient (Wildman–Crippen LogP) is 16.7. The van der Waals surface area contributed by atoms with Crippen LogP contribution in [0.3, 0.4) is 0 Å². The number of nitrogens with zero attached hydrogens (tertiary/aromatic N) is 2. The summed E-state index contributed by atoms with van der Waals surface area (Å²) in [5, 5.41) is 4.86. The van der Waals surface area contributed by atoms with E-state index in [9.17, 15) is 0 Å². The number of anilines is 2. The Bertz CT molecular complexity index is 4000. The Balaban J connectivity index is 1.14. The fourth-order valence-electron chi connectivity index (χ4n) is 12.8. The molecule has 4 aliphatic rings. The number of fused-ring (bicyclic) bond motifs is 13. The molecule has 0 amide bonds. The Morgan fingerprint density at radius 1 is 0.521 bits per heavy atom. The van der Waals surface area contributed by atoms with Gasteiger partial charge >= 0.3 is 6.85 Å². The number of ether oxygens (including phenoxy) is 2. The summed E-state index contributed by atoms with van der Waals surface area (Å²) in [6, 6.07) is 50.0. The molecule has 5 nitrogen and oxygen atoms in total. The van der Waals surface area contributed by atoms with Gasteiger partial charge in [-0.15, -0.1) is 0 Å². The van der Waals surface area contributed by atoms with Crippen molar-refractivity contribution in [1.29, 1.82) is 0 Å². The van der Waals surface area contributed by atoms with Crippen LogP contribution in [0.15, 0.2) is 138 Å². The standard InChI is InChI=1S/C65H59BN2O3/c1-36-17-12-13-18-40(36)37-27-45-43-33-57-58(70-55-22-15-14-21-54(55)69-57)35-52(43)68(51-20-16-19-41-44-32-47-48(34-56(44)71-61(41)51)65(10,11)26-25-64(47,8)9)66-49-31-39(63(5,6)7)30-46-42-29-38(62(2,3)4)23-24-50(42)67(60(46)49)53(28-37)59(45)66/h12-24,27-35H,25-26H2,1-11H3. The zero-order valence-corrected chi connectivity index (χ0v) is 42.8. The van der Waals surface area contributed by atoms with E-state index in [1.54, 1.807) is 0 Å². The first kappa shape index (κ1) is 42.7. The second-order valence-corrected chi connectivity index (χ2v) is 24.5. The van der Waals surface area contributed by atoms with Crippen LogP contribution in [0.5, 0.6) is 23.0 Å². The van der Waals surface area contributed by atoms with Crippen LogP contribution in [0.25, 0.3) is 71.7 Å². The molecule has 0 fully saturated rings. The van der Waals surface area contributed by atoms with E-state index in [-0.39, 0.29) is 28.5 Å². The van der Waals surface area contributed by atoms with Crippen molar-refractivity contribution in [3.63, 3.8) is 0 Å². The summed E-state index contributed by atoms with van der Waals surface area (Å²) in [7, 11) is 0. The van der Waals surface area contributed by atoms with Crippen molar-refractivity contribution in [2.24, 2.45) is 0 Å². The molecule has 0 spiro atoms. The third kappa shape index (κ3) is 6.00. The molecule has 0 unspecified atom stereocenters. The molecule has 2 aromatic heterocycles. The molecule has 0 radical (unpaired) electrons. The molecule has 5 heterocycles. The molecule has 10 aromatic rings. The van der Waals surface area contributed by atoms with Gasteiger partial charge in [0.05, 0.1) is 16.7 Å². The first-order chi connectivity index (χ1) is 33.8. The van der Waals surface area contributed by atoms with Gasteiger partial charge in [-0.05, 0) is 164 Å². The summed E-state index contributed by atoms with van der Waals surface area (Å²) in [6.07, 6.45) is 2.29. The summed E-state index contributed by atoms with van der Waals surface area (Å²) >= 11 is 0. The van der Waals surface area contributed by atoms with Crippen LogP contribution in [0.1, 0.15) is 110 Å². The van der Waals surface area contributed by atoms with Crippen LogP contribution in [0.4, 0.5) is 11.4 Å². The number of benzene rings is 8. The molecule has 0 atom stereocenters. The molecule has 350 valence electrons. The van der Waals surface area contributed by atoms with Crippen molar-refractivity contribution in [1.82, 2.24) is 4.57 Å². The highest BCUT2D eigenvalue weighted by Crippen LogP contribution is 2.55. The SMILES string of the molecule is Cc1ccccc1-c1cc2c3c(c1)-n1c4ccc(C(C)(C)C)cc4c4cc(C(C)(C)C)cc(c41)B3N(c1cccc3c1oc1cc4c(cc13)C(C)(C)CCC4(C)C)c1cc3c(cc1-2)Oc1ccccc1O3. The number of aryl methyl sites for hydroxylation is 1. The predicted molar refractivity (Wildman–Crippen MR) is 297 cm³/mol. The first-order valence-corrected chi connectivity index (χ1v) is 25.6. The molecular weight excluding hydrogens is 868 g/mol. The van der Waals surface area contributed by atoms with Crippen LogP contribution in [-0.4, -0.2) is 11.4 Å². The van der Waals surface area contributed by atoms with Crippen molar-refractivity contribution < 1.29 is 13.9 Å². The van der Waals surface area contributed by atoms with Crippen LogP contribution in [0.2, 0.25) is 0 Å². The van der Waals surface area contributed by atoms with Gasteiger partial charge in [0.1, 0.15) is 5.58 Å². The van der Waals surface area contributed by atoms with Crippen molar-refractivity contribution in [3.8, 4) is 50.9 Å². The molecular formula is C65H59BN2O3. The average Bonchev–Trinajstić information content (AvgIpc) is 3.88. The maximum Gasteiger partial charge on any atom is 0.333 e. The van der Waals surface area contributed by atoms with Gasteiger partial charge in [0.25, 0.3) is 0 Å². The summed E-state index contributed by atoms with van der Waals surface area (Å²) in [4.78, 5) is 2.60. The van der Waals surface area contributed by atoms with Crippen molar-refractivity contribution in [3.05, 3.63) is 161 Å². The summed E-state index contributed by atoms with van der Waals surface area (Å²) < 4.78 is 23.6. The Hall–Kier alpha value is -7.18. The van der Waals surface area contributed by atoms with E-state index in [4.69, 9.17) is 13.9 Å². The Kier molecular flexibility index (Phi) is 8.43. The number of furan rings is 1. The molecule has 8 aromatic carbocycles. The van der Waals surface area contributed by atoms with Gasteiger partial charge in [-0.2, -0.15) is 0 Å². The zero-order valence-electron chi connectivity index (χ0n) is 42.8. The van der Waals surface area contributed by atoms with E-state index in [1.807, 2.05) is 24.3 Å². The Morgan fingerprint density at radius 3 is 1.92 bits per heavy atom. The fraction of sp³-hybridized carbons (Fsp3) is 0.262. The van der Waals surface area contributed by atoms with E-state index in [0.29, 0.717) is 23.0 Å². The Labute approximate surface area is 417 Å². The summed E-state index contributed by atoms with van der Waals surface area (Å²) in [5.41, 5.74) is 21.4. The first-order valence-electron chi connectivity index (χ1n) is 25.6. The van der Waals surface area contributed by atoms with Crippen molar-refractivity contribution >= 4 is 72.9 Å². The molecule has 0 saturated carbocycles. The lowest BCUT2D eigenvalue weighted by Crippen LogP contribution is -2.60. The average molecular weight is 927 g/mol. The maximum atomic E-state index is 7.37. The largest absolute Gasteiger partial charge is 0.454 e. The molecule has 14 rings (SSSR count). The molecule has 6 heteroatoms. The van der Waals surface area contributed by atoms with Crippen LogP contribution in [-0.2, 0) is 21.7 Å². The van der Waals surface area contributed by atoms with Crippen LogP contribution in [0, 0.1) is 6.92 Å². The van der Waals surface area contributed by atoms with Gasteiger partial charge in [0.15, 0.2) is 28.6 Å². The summed E-state index contributed by atoms with van der Waals surface area (Å²) in [5.74, 6) is 2.80. The van der Waals surface area contributed by atoms with E-state index in [1.165, 1.54) is 88.3 Å². The fourth-order valence-corrected chi connectivity index (χ4v) is 12.8. The topological polar surface area (TPSA) is 39.8 Å². The maximum absolute atomic E-state index is 7.37. The monoisotopic (exact) mass is 926 g/mol. The minimum Gasteiger partial charge on any atom is -0.454 e. The molecule has 0 bridgehead atoms. The normalized spacial score (nSPS) is 16.1. The second-order valence-electron chi connectivity index (χ2n) is 24.5. The zero-order chi connectivity index (χ0) is 48.8. The highest BCUT2D eigenvalue weighted by atomic mass is 16.6. The van der Waals surface area contributed by atoms with Crippen LogP contribution < -0.4 is 25.2 Å². The molecule has 0 saturated heterocycles. The van der Waals surface area contributed by atoms with E-state index in [0.717, 1.165) is 46.3 Å². The lowest BCUT2D eigenvalue weighted by molar-refractivity contribution is 0.332. The van der Waals surface area contributed by atoms with Gasteiger partial charge in [0, 0.05) is 44.5 Å². The van der Waals surface area contributed by atoms with Crippen LogP contribution >= 0.6 is 0 Å². The van der Waals surface area contributed by atoms with E-state index < -0.39 is 0 Å². The number of rotatable bonds is 2. The van der Waals surface area contributed by atoms with E-state index in [2.05, 4.69) is 195 Å². The molecule has 1 aliphatic carbocycles. The second kappa shape index (κ2) is 14.0. The van der Waals surface area contributed by atoms with Gasteiger partial charge in [0.2, 0.25) is 0 Å². The number of hydrogen-bond acceptors (Lipinski definition) is 4. The molecule has 0 N–H and O–H groups in total. The van der Waals surface area contributed by atoms with E-state index >= 15 is 0 Å².